The maximum absolute atomic E-state index is 11.7. The molecule has 3 atom stereocenters. The summed E-state index contributed by atoms with van der Waals surface area (Å²) in [5.41, 5.74) is 1.43. The Labute approximate surface area is 163 Å². The Balaban J connectivity index is 1.67. The molecule has 0 bridgehead atoms. The molecule has 3 N–H and O–H groups in total. The largest absolute Gasteiger partial charge is 0.508 e. The summed E-state index contributed by atoms with van der Waals surface area (Å²) in [6.45, 7) is 1.25. The topological polar surface area (TPSA) is 107 Å². The number of β-amino-alcohol motifs (C(OH)–C–C–N with tert-alkyl or cyclic N) is 1. The van der Waals surface area contributed by atoms with Gasteiger partial charge in [0.05, 0.1) is 17.0 Å². The lowest BCUT2D eigenvalue weighted by atomic mass is 10.1. The number of phenols is 2. The number of aliphatic hydroxyl groups excluding tert-OH is 1. The van der Waals surface area contributed by atoms with Crippen molar-refractivity contribution >= 4 is 9.84 Å². The van der Waals surface area contributed by atoms with Crippen molar-refractivity contribution in [3.8, 4) is 17.2 Å². The first-order chi connectivity index (χ1) is 13.2. The number of hydrogen-bond donors (Lipinski definition) is 3. The number of ether oxygens (including phenoxy) is 1. The van der Waals surface area contributed by atoms with Crippen LogP contribution in [0.25, 0.3) is 0 Å². The van der Waals surface area contributed by atoms with Crippen LogP contribution >= 0.6 is 0 Å². The van der Waals surface area contributed by atoms with E-state index >= 15 is 0 Å². The van der Waals surface area contributed by atoms with E-state index in [9.17, 15) is 23.7 Å². The van der Waals surface area contributed by atoms with Crippen LogP contribution < -0.4 is 4.74 Å². The van der Waals surface area contributed by atoms with Gasteiger partial charge in [0.15, 0.2) is 9.84 Å². The molecule has 1 heterocycles. The zero-order valence-electron chi connectivity index (χ0n) is 15.4. The molecule has 2 aromatic rings. The molecule has 150 valence electrons. The monoisotopic (exact) mass is 405 g/mol. The van der Waals surface area contributed by atoms with Gasteiger partial charge in [-0.1, -0.05) is 0 Å². The van der Waals surface area contributed by atoms with E-state index in [-0.39, 0.29) is 28.5 Å². The predicted molar refractivity (Wildman–Crippen MR) is 102 cm³/mol. The maximum atomic E-state index is 11.7. The molecule has 1 aliphatic heterocycles. The first kappa shape index (κ1) is 19.0. The van der Waals surface area contributed by atoms with E-state index in [4.69, 9.17) is 4.74 Å². The molecule has 1 aliphatic carbocycles. The average Bonchev–Trinajstić information content (AvgIpc) is 3.19. The number of aromatic hydroxyl groups is 2. The molecule has 0 aromatic heterocycles. The van der Waals surface area contributed by atoms with E-state index in [2.05, 4.69) is 4.90 Å². The number of hydrogen-bond acceptors (Lipinski definition) is 7. The number of phenolic OH excluding ortho intramolecular Hbond substituents is 2. The highest BCUT2D eigenvalue weighted by Crippen LogP contribution is 2.44. The Bertz CT molecular complexity index is 989. The summed E-state index contributed by atoms with van der Waals surface area (Å²) >= 11 is 0. The lowest BCUT2D eigenvalue weighted by molar-refractivity contribution is 0.0817. The molecule has 2 aliphatic rings. The minimum atomic E-state index is -3.29. The Kier molecular flexibility index (Phi) is 4.73. The van der Waals surface area contributed by atoms with Crippen molar-refractivity contribution in [2.24, 2.45) is 0 Å². The van der Waals surface area contributed by atoms with Crippen LogP contribution in [-0.4, -0.2) is 60.1 Å². The van der Waals surface area contributed by atoms with Gasteiger partial charge in [-0.15, -0.1) is 0 Å². The third-order valence-corrected chi connectivity index (χ3v) is 6.62. The zero-order valence-corrected chi connectivity index (χ0v) is 16.3. The standard InChI is InChI=1S/C20H23NO6S/c1-28(25,26)15-4-2-14(3-5-15)27-20-17-8-13(23)9-19(24)16(17)10-18(20)21-7-6-12(22)11-21/h2-5,8-9,12,18,20,22-24H,6-7,10-11H2,1H3. The lowest BCUT2D eigenvalue weighted by Crippen LogP contribution is -2.39. The van der Waals surface area contributed by atoms with Gasteiger partial charge in [-0.05, 0) is 43.2 Å². The van der Waals surface area contributed by atoms with E-state index in [1.165, 1.54) is 18.2 Å². The van der Waals surface area contributed by atoms with E-state index in [0.717, 1.165) is 18.4 Å². The van der Waals surface area contributed by atoms with Crippen LogP contribution in [0.5, 0.6) is 17.2 Å². The first-order valence-electron chi connectivity index (χ1n) is 9.16. The molecule has 3 unspecified atom stereocenters. The van der Waals surface area contributed by atoms with Crippen molar-refractivity contribution in [2.75, 3.05) is 19.3 Å². The second-order valence-electron chi connectivity index (χ2n) is 7.52. The van der Waals surface area contributed by atoms with Crippen LogP contribution in [-0.2, 0) is 16.3 Å². The summed E-state index contributed by atoms with van der Waals surface area (Å²) in [6.07, 6.45) is 1.53. The van der Waals surface area contributed by atoms with Gasteiger partial charge in [-0.25, -0.2) is 8.42 Å². The van der Waals surface area contributed by atoms with Crippen molar-refractivity contribution in [1.82, 2.24) is 4.90 Å². The smallest absolute Gasteiger partial charge is 0.175 e. The van der Waals surface area contributed by atoms with E-state index < -0.39 is 15.9 Å². The summed E-state index contributed by atoms with van der Waals surface area (Å²) in [4.78, 5) is 2.35. The maximum Gasteiger partial charge on any atom is 0.175 e. The predicted octanol–water partition coefficient (Wildman–Crippen LogP) is 1.61. The highest BCUT2D eigenvalue weighted by atomic mass is 32.2. The fourth-order valence-corrected chi connectivity index (χ4v) is 4.74. The van der Waals surface area contributed by atoms with Crippen molar-refractivity contribution in [3.63, 3.8) is 0 Å². The molecule has 0 radical (unpaired) electrons. The Morgan fingerprint density at radius 2 is 1.86 bits per heavy atom. The Hall–Kier alpha value is -2.29. The summed E-state index contributed by atoms with van der Waals surface area (Å²) < 4.78 is 29.5. The molecule has 1 saturated heterocycles. The molecular formula is C20H23NO6S. The molecule has 7 nitrogen and oxygen atoms in total. The second kappa shape index (κ2) is 6.95. The highest BCUT2D eigenvalue weighted by Gasteiger charge is 2.42. The van der Waals surface area contributed by atoms with Crippen molar-refractivity contribution < 1.29 is 28.5 Å². The number of sulfone groups is 1. The third kappa shape index (κ3) is 3.55. The second-order valence-corrected chi connectivity index (χ2v) is 9.54. The van der Waals surface area contributed by atoms with Gasteiger partial charge in [0, 0.05) is 36.5 Å². The SMILES string of the molecule is CS(=O)(=O)c1ccc(OC2c3cc(O)cc(O)c3CC2N2CCC(O)C2)cc1. The lowest BCUT2D eigenvalue weighted by Gasteiger charge is -2.30. The van der Waals surface area contributed by atoms with Crippen LogP contribution in [0.4, 0.5) is 0 Å². The summed E-state index contributed by atoms with van der Waals surface area (Å²) in [5, 5.41) is 30.2. The minimum absolute atomic E-state index is 0.0262. The molecule has 2 aromatic carbocycles. The van der Waals surface area contributed by atoms with Gasteiger partial charge in [0.25, 0.3) is 0 Å². The normalized spacial score (nSPS) is 25.0. The van der Waals surface area contributed by atoms with Gasteiger partial charge in [-0.2, -0.15) is 0 Å². The van der Waals surface area contributed by atoms with Crippen molar-refractivity contribution in [3.05, 3.63) is 47.5 Å². The third-order valence-electron chi connectivity index (χ3n) is 5.49. The van der Waals surface area contributed by atoms with E-state index in [1.54, 1.807) is 18.2 Å². The average molecular weight is 405 g/mol. The fraction of sp³-hybridized carbons (Fsp3) is 0.400. The highest BCUT2D eigenvalue weighted by molar-refractivity contribution is 7.90. The van der Waals surface area contributed by atoms with Crippen LogP contribution in [0.2, 0.25) is 0 Å². The first-order valence-corrected chi connectivity index (χ1v) is 11.0. The molecule has 4 rings (SSSR count). The van der Waals surface area contributed by atoms with Crippen LogP contribution in [0.3, 0.4) is 0 Å². The number of aliphatic hydroxyl groups is 1. The quantitative estimate of drug-likeness (QED) is 0.709. The van der Waals surface area contributed by atoms with Crippen molar-refractivity contribution in [1.29, 1.82) is 0 Å². The molecule has 28 heavy (non-hydrogen) atoms. The fourth-order valence-electron chi connectivity index (χ4n) is 4.11. The van der Waals surface area contributed by atoms with Gasteiger partial charge in [0.1, 0.15) is 23.4 Å². The minimum Gasteiger partial charge on any atom is -0.508 e. The number of rotatable bonds is 4. The summed E-state index contributed by atoms with van der Waals surface area (Å²) in [5.74, 6) is 0.482. The number of fused-ring (bicyclic) bond motifs is 1. The summed E-state index contributed by atoms with van der Waals surface area (Å²) in [7, 11) is -3.29. The van der Waals surface area contributed by atoms with Crippen LogP contribution in [0.1, 0.15) is 23.7 Å². The van der Waals surface area contributed by atoms with Crippen LogP contribution in [0, 0.1) is 0 Å². The van der Waals surface area contributed by atoms with Gasteiger partial charge in [0.2, 0.25) is 0 Å². The van der Waals surface area contributed by atoms with Crippen molar-refractivity contribution in [2.45, 2.75) is 36.0 Å². The Morgan fingerprint density at radius 3 is 2.46 bits per heavy atom. The summed E-state index contributed by atoms with van der Waals surface area (Å²) in [6, 6.07) is 9.01. The van der Waals surface area contributed by atoms with Gasteiger partial charge < -0.3 is 20.1 Å². The zero-order chi connectivity index (χ0) is 20.1. The molecule has 0 amide bonds. The number of likely N-dealkylation sites (tertiary alicyclic amines) is 1. The van der Waals surface area contributed by atoms with Gasteiger partial charge >= 0.3 is 0 Å². The molecule has 0 spiro atoms. The van der Waals surface area contributed by atoms with Crippen LogP contribution in [0.15, 0.2) is 41.3 Å². The Morgan fingerprint density at radius 1 is 1.14 bits per heavy atom. The number of nitrogens with zero attached hydrogens (tertiary/aromatic N) is 1. The van der Waals surface area contributed by atoms with E-state index in [0.29, 0.717) is 30.7 Å². The molecule has 1 fully saturated rings. The molecule has 0 saturated carbocycles. The van der Waals surface area contributed by atoms with Gasteiger partial charge in [-0.3, -0.25) is 4.90 Å². The number of benzene rings is 2. The van der Waals surface area contributed by atoms with E-state index in [1.807, 2.05) is 0 Å². The molecule has 8 heteroatoms. The molecular weight excluding hydrogens is 382 g/mol.